The Morgan fingerprint density at radius 2 is 1.90 bits per heavy atom. The van der Waals surface area contributed by atoms with E-state index in [4.69, 9.17) is 14.2 Å². The van der Waals surface area contributed by atoms with Gasteiger partial charge >= 0.3 is 6.09 Å². The lowest BCUT2D eigenvalue weighted by atomic mass is 10.0. The Morgan fingerprint density at radius 3 is 2.60 bits per heavy atom. The molecule has 1 saturated heterocycles. The van der Waals surface area contributed by atoms with Crippen LogP contribution in [0.25, 0.3) is 0 Å². The van der Waals surface area contributed by atoms with Crippen molar-refractivity contribution >= 4 is 17.8 Å². The molecule has 1 N–H and O–H groups in total. The summed E-state index contributed by atoms with van der Waals surface area (Å²) in [6.45, 7) is 2.81. The topological polar surface area (TPSA) is 94.9 Å². The highest BCUT2D eigenvalue weighted by molar-refractivity contribution is 5.96. The molecule has 162 valence electrons. The number of nitrogens with zero attached hydrogens (tertiary/aromatic N) is 3. The van der Waals surface area contributed by atoms with Crippen molar-refractivity contribution < 1.29 is 23.8 Å². The van der Waals surface area contributed by atoms with Crippen LogP contribution in [0.4, 0.5) is 10.6 Å². The summed E-state index contributed by atoms with van der Waals surface area (Å²) < 4.78 is 17.2. The van der Waals surface area contributed by atoms with Crippen molar-refractivity contribution in [3.05, 3.63) is 35.5 Å². The van der Waals surface area contributed by atoms with Crippen LogP contribution in [0.15, 0.2) is 24.3 Å². The van der Waals surface area contributed by atoms with Gasteiger partial charge < -0.3 is 19.5 Å². The third-order valence-electron chi connectivity index (χ3n) is 5.15. The molecule has 0 aliphatic carbocycles. The monoisotopic (exact) mass is 416 g/mol. The Kier molecular flexibility index (Phi) is 6.81. The maximum Gasteiger partial charge on any atom is 0.410 e. The number of carbonyl (C=O) groups is 2. The molecule has 1 aromatic heterocycles. The first-order valence-corrected chi connectivity index (χ1v) is 9.87. The van der Waals surface area contributed by atoms with Gasteiger partial charge in [-0.1, -0.05) is 6.07 Å². The molecule has 1 atom stereocenters. The lowest BCUT2D eigenvalue weighted by Crippen LogP contribution is -2.50. The number of aromatic nitrogens is 2. The fourth-order valence-corrected chi connectivity index (χ4v) is 3.67. The van der Waals surface area contributed by atoms with Crippen LogP contribution in [0.3, 0.4) is 0 Å². The van der Waals surface area contributed by atoms with Crippen molar-refractivity contribution in [1.29, 1.82) is 0 Å². The van der Waals surface area contributed by atoms with Gasteiger partial charge in [-0.25, -0.2) is 9.48 Å². The second kappa shape index (κ2) is 9.51. The molecule has 1 unspecified atom stereocenters. The quantitative estimate of drug-likeness (QED) is 0.778. The van der Waals surface area contributed by atoms with Gasteiger partial charge in [0.05, 0.1) is 33.6 Å². The number of hydrogen-bond acceptors (Lipinski definition) is 6. The summed E-state index contributed by atoms with van der Waals surface area (Å²) in [7, 11) is 4.50. The van der Waals surface area contributed by atoms with E-state index in [2.05, 4.69) is 10.4 Å². The Bertz CT molecular complexity index is 911. The van der Waals surface area contributed by atoms with Gasteiger partial charge in [0.15, 0.2) is 11.5 Å². The number of rotatable bonds is 6. The molecular weight excluding hydrogens is 388 g/mol. The average Bonchev–Trinajstić information content (AvgIpc) is 3.11. The second-order valence-electron chi connectivity index (χ2n) is 7.18. The molecule has 1 aliphatic rings. The standard InChI is InChI=1S/C21H28N4O5/c1-14-11-19(22-20(26)16-7-5-6-10-24(16)21(27)30-4)25(23-14)13-15-8-9-17(28-2)18(12-15)29-3/h8-9,11-12,16H,5-7,10,13H2,1-4H3,(H,22,26). The summed E-state index contributed by atoms with van der Waals surface area (Å²) in [6, 6.07) is 6.88. The van der Waals surface area contributed by atoms with Gasteiger partial charge in [0.1, 0.15) is 11.9 Å². The summed E-state index contributed by atoms with van der Waals surface area (Å²) >= 11 is 0. The van der Waals surface area contributed by atoms with Crippen LogP contribution in [0.5, 0.6) is 11.5 Å². The molecule has 2 amide bonds. The molecule has 9 nitrogen and oxygen atoms in total. The Labute approximate surface area is 175 Å². The lowest BCUT2D eigenvalue weighted by molar-refractivity contribution is -0.121. The molecule has 1 aliphatic heterocycles. The highest BCUT2D eigenvalue weighted by atomic mass is 16.5. The van der Waals surface area contributed by atoms with Crippen molar-refractivity contribution in [2.75, 3.05) is 33.2 Å². The van der Waals surface area contributed by atoms with E-state index in [1.54, 1.807) is 18.9 Å². The number of aryl methyl sites for hydroxylation is 1. The van der Waals surface area contributed by atoms with Crippen molar-refractivity contribution in [2.24, 2.45) is 0 Å². The summed E-state index contributed by atoms with van der Waals surface area (Å²) in [5.41, 5.74) is 1.72. The van der Waals surface area contributed by atoms with Crippen LogP contribution in [0.2, 0.25) is 0 Å². The molecule has 30 heavy (non-hydrogen) atoms. The average molecular weight is 416 g/mol. The molecular formula is C21H28N4O5. The van der Waals surface area contributed by atoms with Gasteiger partial charge in [-0.05, 0) is 43.9 Å². The van der Waals surface area contributed by atoms with E-state index in [1.807, 2.05) is 31.2 Å². The van der Waals surface area contributed by atoms with Crippen LogP contribution in [-0.4, -0.2) is 60.6 Å². The SMILES string of the molecule is COC(=O)N1CCCCC1C(=O)Nc1cc(C)nn1Cc1ccc(OC)c(OC)c1. The molecule has 0 saturated carbocycles. The number of benzene rings is 1. The van der Waals surface area contributed by atoms with Crippen molar-refractivity contribution in [3.8, 4) is 11.5 Å². The van der Waals surface area contributed by atoms with E-state index in [1.165, 1.54) is 12.0 Å². The van der Waals surface area contributed by atoms with E-state index in [0.29, 0.717) is 36.8 Å². The van der Waals surface area contributed by atoms with Gasteiger partial charge in [-0.3, -0.25) is 9.69 Å². The predicted octanol–water partition coefficient (Wildman–Crippen LogP) is 2.82. The smallest absolute Gasteiger partial charge is 0.410 e. The highest BCUT2D eigenvalue weighted by Crippen LogP contribution is 2.28. The van der Waals surface area contributed by atoms with Crippen molar-refractivity contribution in [2.45, 2.75) is 38.8 Å². The zero-order valence-corrected chi connectivity index (χ0v) is 17.8. The summed E-state index contributed by atoms with van der Waals surface area (Å²) in [6.07, 6.45) is 1.86. The summed E-state index contributed by atoms with van der Waals surface area (Å²) in [5, 5.41) is 7.43. The Balaban J connectivity index is 1.78. The van der Waals surface area contributed by atoms with Crippen molar-refractivity contribution in [1.82, 2.24) is 14.7 Å². The van der Waals surface area contributed by atoms with Crippen LogP contribution in [0, 0.1) is 6.92 Å². The predicted molar refractivity (Wildman–Crippen MR) is 111 cm³/mol. The van der Waals surface area contributed by atoms with Gasteiger partial charge in [0.2, 0.25) is 5.91 Å². The molecule has 1 fully saturated rings. The number of carbonyl (C=O) groups excluding carboxylic acids is 2. The number of methoxy groups -OCH3 is 3. The van der Waals surface area contributed by atoms with Gasteiger partial charge in [0, 0.05) is 12.6 Å². The van der Waals surface area contributed by atoms with E-state index in [0.717, 1.165) is 24.1 Å². The first-order chi connectivity index (χ1) is 14.5. The molecule has 1 aromatic carbocycles. The summed E-state index contributed by atoms with van der Waals surface area (Å²) in [4.78, 5) is 26.5. The first-order valence-electron chi connectivity index (χ1n) is 9.87. The van der Waals surface area contributed by atoms with Crippen LogP contribution < -0.4 is 14.8 Å². The summed E-state index contributed by atoms with van der Waals surface area (Å²) in [5.74, 6) is 1.60. The van der Waals surface area contributed by atoms with Gasteiger partial charge in [-0.2, -0.15) is 5.10 Å². The number of anilines is 1. The highest BCUT2D eigenvalue weighted by Gasteiger charge is 2.33. The molecule has 0 spiro atoms. The van der Waals surface area contributed by atoms with Gasteiger partial charge in [0.25, 0.3) is 0 Å². The molecule has 0 radical (unpaired) electrons. The number of hydrogen-bond donors (Lipinski definition) is 1. The number of nitrogens with one attached hydrogen (secondary N) is 1. The molecule has 2 heterocycles. The minimum Gasteiger partial charge on any atom is -0.493 e. The van der Waals surface area contributed by atoms with E-state index >= 15 is 0 Å². The Hall–Kier alpha value is -3.23. The zero-order chi connectivity index (χ0) is 21.7. The zero-order valence-electron chi connectivity index (χ0n) is 17.8. The lowest BCUT2D eigenvalue weighted by Gasteiger charge is -2.33. The van der Waals surface area contributed by atoms with E-state index in [9.17, 15) is 9.59 Å². The van der Waals surface area contributed by atoms with Crippen molar-refractivity contribution in [3.63, 3.8) is 0 Å². The molecule has 9 heteroatoms. The minimum absolute atomic E-state index is 0.242. The number of ether oxygens (including phenoxy) is 3. The minimum atomic E-state index is -0.559. The maximum absolute atomic E-state index is 13.0. The van der Waals surface area contributed by atoms with Crippen LogP contribution in [-0.2, 0) is 16.1 Å². The number of likely N-dealkylation sites (tertiary alicyclic amines) is 1. The molecule has 3 rings (SSSR count). The third kappa shape index (κ3) is 4.67. The number of piperidine rings is 1. The number of amides is 2. The van der Waals surface area contributed by atoms with Crippen LogP contribution in [0.1, 0.15) is 30.5 Å². The van der Waals surface area contributed by atoms with Gasteiger partial charge in [-0.15, -0.1) is 0 Å². The third-order valence-corrected chi connectivity index (χ3v) is 5.15. The fourth-order valence-electron chi connectivity index (χ4n) is 3.67. The van der Waals surface area contributed by atoms with Crippen LogP contribution >= 0.6 is 0 Å². The second-order valence-corrected chi connectivity index (χ2v) is 7.18. The largest absolute Gasteiger partial charge is 0.493 e. The molecule has 0 bridgehead atoms. The normalized spacial score (nSPS) is 16.1. The van der Waals surface area contributed by atoms with E-state index in [-0.39, 0.29) is 5.91 Å². The maximum atomic E-state index is 13.0. The fraction of sp³-hybridized carbons (Fsp3) is 0.476. The molecule has 2 aromatic rings. The Morgan fingerprint density at radius 1 is 1.13 bits per heavy atom. The first kappa shape index (κ1) is 21.5. The van der Waals surface area contributed by atoms with E-state index < -0.39 is 12.1 Å².